The first-order chi connectivity index (χ1) is 13.1. The van der Waals surface area contributed by atoms with Crippen LogP contribution in [0.4, 0.5) is 0 Å². The van der Waals surface area contributed by atoms with Gasteiger partial charge in [-0.1, -0.05) is 30.3 Å². The monoisotopic (exact) mass is 369 g/mol. The Morgan fingerprint density at radius 2 is 1.81 bits per heavy atom. The van der Waals surface area contributed by atoms with Crippen molar-refractivity contribution in [3.8, 4) is 11.5 Å². The largest absolute Gasteiger partial charge is 0.496 e. The summed E-state index contributed by atoms with van der Waals surface area (Å²) in [5.41, 5.74) is 2.52. The van der Waals surface area contributed by atoms with E-state index in [2.05, 4.69) is 17.0 Å². The Morgan fingerprint density at radius 1 is 1.15 bits per heavy atom. The van der Waals surface area contributed by atoms with Crippen LogP contribution < -0.4 is 9.47 Å². The molecule has 1 atom stereocenters. The van der Waals surface area contributed by atoms with Crippen LogP contribution in [-0.2, 0) is 11.3 Å². The van der Waals surface area contributed by atoms with Gasteiger partial charge in [-0.3, -0.25) is 4.90 Å². The summed E-state index contributed by atoms with van der Waals surface area (Å²) in [7, 11) is 1.73. The fourth-order valence-corrected chi connectivity index (χ4v) is 3.59. The van der Waals surface area contributed by atoms with Crippen molar-refractivity contribution in [1.82, 2.24) is 4.90 Å². The molecule has 1 unspecified atom stereocenters. The van der Waals surface area contributed by atoms with Crippen LogP contribution in [-0.4, -0.2) is 42.3 Å². The lowest BCUT2D eigenvalue weighted by molar-refractivity contribution is -0.144. The highest BCUT2D eigenvalue weighted by Crippen LogP contribution is 2.34. The van der Waals surface area contributed by atoms with Gasteiger partial charge in [-0.25, -0.2) is 4.79 Å². The van der Waals surface area contributed by atoms with E-state index in [1.807, 2.05) is 36.4 Å². The molecule has 0 amide bonds. The van der Waals surface area contributed by atoms with Gasteiger partial charge in [0, 0.05) is 6.54 Å². The number of ether oxygens (including phenoxy) is 2. The van der Waals surface area contributed by atoms with Crippen LogP contribution in [0.2, 0.25) is 0 Å². The van der Waals surface area contributed by atoms with Crippen molar-refractivity contribution in [3.05, 3.63) is 59.7 Å². The number of carboxylic acids is 1. The molecule has 5 nitrogen and oxygen atoms in total. The molecule has 1 heterocycles. The zero-order valence-corrected chi connectivity index (χ0v) is 15.9. The summed E-state index contributed by atoms with van der Waals surface area (Å²) >= 11 is 0. The maximum absolute atomic E-state index is 10.9. The Labute approximate surface area is 160 Å². The molecule has 1 fully saturated rings. The molecule has 1 aliphatic heterocycles. The third kappa shape index (κ3) is 5.01. The first-order valence-electron chi connectivity index (χ1n) is 9.40. The van der Waals surface area contributed by atoms with E-state index < -0.39 is 12.1 Å². The first-order valence-corrected chi connectivity index (χ1v) is 9.40. The minimum atomic E-state index is -0.961. The lowest BCUT2D eigenvalue weighted by Gasteiger charge is -2.32. The van der Waals surface area contributed by atoms with E-state index in [9.17, 15) is 4.79 Å². The van der Waals surface area contributed by atoms with E-state index in [1.54, 1.807) is 7.11 Å². The van der Waals surface area contributed by atoms with Crippen LogP contribution in [0.5, 0.6) is 11.5 Å². The minimum absolute atomic E-state index is 0.547. The highest BCUT2D eigenvalue weighted by Gasteiger charge is 2.23. The van der Waals surface area contributed by atoms with Crippen LogP contribution in [0.15, 0.2) is 48.5 Å². The number of hydrogen-bond acceptors (Lipinski definition) is 4. The fourth-order valence-electron chi connectivity index (χ4n) is 3.59. The summed E-state index contributed by atoms with van der Waals surface area (Å²) in [6, 6.07) is 16.0. The molecule has 1 saturated heterocycles. The molecule has 27 heavy (non-hydrogen) atoms. The third-order valence-corrected chi connectivity index (χ3v) is 5.16. The van der Waals surface area contributed by atoms with Gasteiger partial charge in [-0.2, -0.15) is 0 Å². The van der Waals surface area contributed by atoms with E-state index in [1.165, 1.54) is 18.1 Å². The molecule has 2 aromatic carbocycles. The van der Waals surface area contributed by atoms with Gasteiger partial charge in [0.25, 0.3) is 0 Å². The SMILES string of the molecule is COc1ccccc1C1CCN(Cc2ccc(OC(C)C(=O)O)cc2)CC1. The van der Waals surface area contributed by atoms with Crippen LogP contribution in [0.3, 0.4) is 0 Å². The van der Waals surface area contributed by atoms with Crippen molar-refractivity contribution in [3.63, 3.8) is 0 Å². The summed E-state index contributed by atoms with van der Waals surface area (Å²) in [6.45, 7) is 4.53. The number of benzene rings is 2. The number of carboxylic acid groups (broad SMARTS) is 1. The maximum atomic E-state index is 10.9. The lowest BCUT2D eigenvalue weighted by atomic mass is 9.88. The Kier molecular flexibility index (Phi) is 6.35. The zero-order chi connectivity index (χ0) is 19.2. The van der Waals surface area contributed by atoms with Crippen molar-refractivity contribution in [2.45, 2.75) is 38.3 Å². The molecule has 0 bridgehead atoms. The topological polar surface area (TPSA) is 59.0 Å². The molecule has 2 aromatic rings. The average Bonchev–Trinajstić information content (AvgIpc) is 2.70. The number of rotatable bonds is 7. The highest BCUT2D eigenvalue weighted by molar-refractivity contribution is 5.72. The lowest BCUT2D eigenvalue weighted by Crippen LogP contribution is -2.32. The predicted molar refractivity (Wildman–Crippen MR) is 104 cm³/mol. The molecular formula is C22H27NO4. The van der Waals surface area contributed by atoms with E-state index >= 15 is 0 Å². The molecule has 0 saturated carbocycles. The third-order valence-electron chi connectivity index (χ3n) is 5.16. The number of likely N-dealkylation sites (tertiary alicyclic amines) is 1. The van der Waals surface area contributed by atoms with E-state index in [4.69, 9.17) is 14.6 Å². The second kappa shape index (κ2) is 8.91. The Bertz CT molecular complexity index is 751. The Morgan fingerprint density at radius 3 is 2.44 bits per heavy atom. The molecule has 0 aromatic heterocycles. The molecule has 1 N–H and O–H groups in total. The molecule has 0 spiro atoms. The molecule has 3 rings (SSSR count). The maximum Gasteiger partial charge on any atom is 0.344 e. The fraction of sp³-hybridized carbons (Fsp3) is 0.409. The van der Waals surface area contributed by atoms with Crippen molar-refractivity contribution >= 4 is 5.97 Å². The normalized spacial score (nSPS) is 16.7. The van der Waals surface area contributed by atoms with Crippen molar-refractivity contribution < 1.29 is 19.4 Å². The molecule has 5 heteroatoms. The molecule has 0 radical (unpaired) electrons. The van der Waals surface area contributed by atoms with Gasteiger partial charge in [0.05, 0.1) is 7.11 Å². The Balaban J connectivity index is 1.52. The Hall–Kier alpha value is -2.53. The smallest absolute Gasteiger partial charge is 0.344 e. The second-order valence-corrected chi connectivity index (χ2v) is 7.03. The van der Waals surface area contributed by atoms with Crippen LogP contribution in [0.1, 0.15) is 36.8 Å². The van der Waals surface area contributed by atoms with Crippen molar-refractivity contribution in [2.75, 3.05) is 20.2 Å². The summed E-state index contributed by atoms with van der Waals surface area (Å²) in [5, 5.41) is 8.91. The van der Waals surface area contributed by atoms with Gasteiger partial charge in [0.2, 0.25) is 0 Å². The van der Waals surface area contributed by atoms with Gasteiger partial charge in [-0.05, 0) is 68.1 Å². The van der Waals surface area contributed by atoms with Gasteiger partial charge in [0.1, 0.15) is 11.5 Å². The number of nitrogens with zero attached hydrogens (tertiary/aromatic N) is 1. The van der Waals surface area contributed by atoms with E-state index in [-0.39, 0.29) is 0 Å². The zero-order valence-electron chi connectivity index (χ0n) is 15.9. The van der Waals surface area contributed by atoms with Crippen LogP contribution in [0.25, 0.3) is 0 Å². The number of aliphatic carboxylic acids is 1. The van der Waals surface area contributed by atoms with Gasteiger partial charge in [0.15, 0.2) is 6.10 Å². The quantitative estimate of drug-likeness (QED) is 0.801. The number of hydrogen-bond donors (Lipinski definition) is 1. The standard InChI is InChI=1S/C22H27NO4/c1-16(22(24)25)27-19-9-7-17(8-10-19)15-23-13-11-18(12-14-23)20-5-3-4-6-21(20)26-2/h3-10,16,18H,11-15H2,1-2H3,(H,24,25). The summed E-state index contributed by atoms with van der Waals surface area (Å²) in [4.78, 5) is 13.3. The molecule has 1 aliphatic rings. The van der Waals surface area contributed by atoms with Crippen molar-refractivity contribution in [2.24, 2.45) is 0 Å². The average molecular weight is 369 g/mol. The second-order valence-electron chi connectivity index (χ2n) is 7.03. The summed E-state index contributed by atoms with van der Waals surface area (Å²) in [5.74, 6) is 1.16. The van der Waals surface area contributed by atoms with E-state index in [0.717, 1.165) is 38.2 Å². The molecule has 0 aliphatic carbocycles. The molecular weight excluding hydrogens is 342 g/mol. The van der Waals surface area contributed by atoms with Crippen LogP contribution in [0, 0.1) is 0 Å². The van der Waals surface area contributed by atoms with Gasteiger partial charge < -0.3 is 14.6 Å². The van der Waals surface area contributed by atoms with E-state index in [0.29, 0.717) is 11.7 Å². The number of piperidine rings is 1. The van der Waals surface area contributed by atoms with Crippen LogP contribution >= 0.6 is 0 Å². The highest BCUT2D eigenvalue weighted by atomic mass is 16.5. The number of methoxy groups -OCH3 is 1. The minimum Gasteiger partial charge on any atom is -0.496 e. The van der Waals surface area contributed by atoms with Crippen molar-refractivity contribution in [1.29, 1.82) is 0 Å². The van der Waals surface area contributed by atoms with Gasteiger partial charge >= 0.3 is 5.97 Å². The predicted octanol–water partition coefficient (Wildman–Crippen LogP) is 3.93. The summed E-state index contributed by atoms with van der Waals surface area (Å²) < 4.78 is 10.9. The first kappa shape index (κ1) is 19.2. The summed E-state index contributed by atoms with van der Waals surface area (Å²) in [6.07, 6.45) is 1.40. The number of para-hydroxylation sites is 1. The van der Waals surface area contributed by atoms with Gasteiger partial charge in [-0.15, -0.1) is 0 Å². The number of carbonyl (C=O) groups is 1. The molecule has 144 valence electrons.